The summed E-state index contributed by atoms with van der Waals surface area (Å²) in [7, 11) is -3.67. The van der Waals surface area contributed by atoms with Crippen molar-refractivity contribution in [3.05, 3.63) is 18.3 Å². The minimum atomic E-state index is -4.25. The first-order chi connectivity index (χ1) is 12.7. The van der Waals surface area contributed by atoms with E-state index in [-0.39, 0.29) is 17.5 Å². The maximum Gasteiger partial charge on any atom is 0.401 e. The number of hydrogen-bond donors (Lipinski definition) is 0. The van der Waals surface area contributed by atoms with Gasteiger partial charge in [-0.3, -0.25) is 4.90 Å². The van der Waals surface area contributed by atoms with Crippen molar-refractivity contribution in [2.24, 2.45) is 0 Å². The number of piperidine rings is 1. The summed E-state index contributed by atoms with van der Waals surface area (Å²) in [6.45, 7) is 2.57. The average molecular weight is 406 g/mol. The number of aromatic nitrogens is 1. The molecule has 27 heavy (non-hydrogen) atoms. The molecule has 1 aromatic heterocycles. The zero-order valence-corrected chi connectivity index (χ0v) is 16.1. The van der Waals surface area contributed by atoms with Crippen molar-refractivity contribution < 1.29 is 21.6 Å². The van der Waals surface area contributed by atoms with Crippen LogP contribution in [0.1, 0.15) is 26.2 Å². The van der Waals surface area contributed by atoms with Gasteiger partial charge in [0, 0.05) is 45.0 Å². The Bertz CT molecular complexity index is 751. The van der Waals surface area contributed by atoms with Crippen molar-refractivity contribution in [3.8, 4) is 0 Å². The summed E-state index contributed by atoms with van der Waals surface area (Å²) in [5.41, 5.74) is 0. The van der Waals surface area contributed by atoms with Gasteiger partial charge in [-0.05, 0) is 31.9 Å². The van der Waals surface area contributed by atoms with Crippen LogP contribution in [0, 0.1) is 0 Å². The third-order valence-electron chi connectivity index (χ3n) is 5.13. The van der Waals surface area contributed by atoms with Crippen molar-refractivity contribution >= 4 is 15.8 Å². The predicted molar refractivity (Wildman–Crippen MR) is 96.1 cm³/mol. The Balaban J connectivity index is 1.81. The van der Waals surface area contributed by atoms with Gasteiger partial charge in [-0.15, -0.1) is 0 Å². The number of pyridine rings is 1. The number of rotatable bonds is 4. The lowest BCUT2D eigenvalue weighted by Gasteiger charge is -2.41. The Morgan fingerprint density at radius 1 is 1.15 bits per heavy atom. The monoisotopic (exact) mass is 406 g/mol. The van der Waals surface area contributed by atoms with Crippen molar-refractivity contribution in [1.29, 1.82) is 0 Å². The molecule has 2 saturated heterocycles. The van der Waals surface area contributed by atoms with Gasteiger partial charge in [0.2, 0.25) is 10.0 Å². The van der Waals surface area contributed by atoms with Crippen LogP contribution in [0.2, 0.25) is 0 Å². The minimum absolute atomic E-state index is 0.142. The van der Waals surface area contributed by atoms with E-state index in [4.69, 9.17) is 0 Å². The van der Waals surface area contributed by atoms with Crippen LogP contribution in [0.3, 0.4) is 0 Å². The highest BCUT2D eigenvalue weighted by molar-refractivity contribution is 7.89. The first-order valence-corrected chi connectivity index (χ1v) is 10.6. The van der Waals surface area contributed by atoms with E-state index >= 15 is 0 Å². The van der Waals surface area contributed by atoms with Gasteiger partial charge in [-0.1, -0.05) is 6.42 Å². The van der Waals surface area contributed by atoms with Crippen molar-refractivity contribution in [1.82, 2.24) is 14.2 Å². The van der Waals surface area contributed by atoms with Crippen LogP contribution in [0.15, 0.2) is 23.2 Å². The zero-order chi connectivity index (χ0) is 19.7. The molecule has 152 valence electrons. The number of hydrogen-bond acceptors (Lipinski definition) is 5. The van der Waals surface area contributed by atoms with Gasteiger partial charge < -0.3 is 4.90 Å². The minimum Gasteiger partial charge on any atom is -0.353 e. The lowest BCUT2D eigenvalue weighted by molar-refractivity contribution is -0.150. The molecule has 0 radical (unpaired) electrons. The third kappa shape index (κ3) is 4.72. The Kier molecular flexibility index (Phi) is 5.97. The van der Waals surface area contributed by atoms with Crippen LogP contribution in [0.4, 0.5) is 19.0 Å². The highest BCUT2D eigenvalue weighted by atomic mass is 32.2. The summed E-state index contributed by atoms with van der Waals surface area (Å²) in [5.74, 6) is 0.335. The maximum absolute atomic E-state index is 13.1. The van der Waals surface area contributed by atoms with E-state index in [1.165, 1.54) is 15.4 Å². The van der Waals surface area contributed by atoms with E-state index < -0.39 is 22.7 Å². The summed E-state index contributed by atoms with van der Waals surface area (Å²) in [4.78, 5) is 7.58. The van der Waals surface area contributed by atoms with E-state index in [9.17, 15) is 21.6 Å². The summed E-state index contributed by atoms with van der Waals surface area (Å²) in [6, 6.07) is 2.77. The van der Waals surface area contributed by atoms with E-state index in [0.717, 1.165) is 19.3 Å². The molecule has 0 aromatic carbocycles. The molecule has 0 spiro atoms. The fourth-order valence-corrected chi connectivity index (χ4v) is 5.40. The van der Waals surface area contributed by atoms with Gasteiger partial charge in [-0.25, -0.2) is 13.4 Å². The number of anilines is 1. The van der Waals surface area contributed by atoms with Crippen LogP contribution in [-0.2, 0) is 10.0 Å². The SMILES string of the molecule is CC1CN(c2ncccc2S(=O)(=O)N2CCCCC2)CCN1CC(F)(F)F. The number of piperazine rings is 1. The third-order valence-corrected chi connectivity index (χ3v) is 7.05. The topological polar surface area (TPSA) is 56.8 Å². The summed E-state index contributed by atoms with van der Waals surface area (Å²) in [5, 5.41) is 0. The second kappa shape index (κ2) is 7.92. The van der Waals surface area contributed by atoms with Crippen molar-refractivity contribution in [3.63, 3.8) is 0 Å². The number of halogens is 3. The molecular weight excluding hydrogens is 381 g/mol. The molecule has 0 N–H and O–H groups in total. The standard InChI is InChI=1S/C17H25F3N4O2S/c1-14-12-22(10-11-23(14)13-17(18,19)20)16-15(6-5-7-21-16)27(25,26)24-8-3-2-4-9-24/h5-7,14H,2-4,8-13H2,1H3. The zero-order valence-electron chi connectivity index (χ0n) is 15.3. The molecular formula is C17H25F3N4O2S. The molecule has 1 atom stereocenters. The Morgan fingerprint density at radius 3 is 2.48 bits per heavy atom. The van der Waals surface area contributed by atoms with Crippen LogP contribution in [-0.4, -0.2) is 74.1 Å². The van der Waals surface area contributed by atoms with Gasteiger partial charge in [0.15, 0.2) is 0 Å². The second-order valence-electron chi connectivity index (χ2n) is 7.17. The molecule has 0 saturated carbocycles. The van der Waals surface area contributed by atoms with Crippen molar-refractivity contribution in [2.75, 3.05) is 44.2 Å². The smallest absolute Gasteiger partial charge is 0.353 e. The first-order valence-electron chi connectivity index (χ1n) is 9.19. The Hall–Kier alpha value is -1.39. The van der Waals surface area contributed by atoms with Crippen LogP contribution in [0.25, 0.3) is 0 Å². The summed E-state index contributed by atoms with van der Waals surface area (Å²) < 4.78 is 65.8. The molecule has 2 aliphatic heterocycles. The number of sulfonamides is 1. The van der Waals surface area contributed by atoms with Crippen molar-refractivity contribution in [2.45, 2.75) is 43.3 Å². The number of nitrogens with zero attached hydrogens (tertiary/aromatic N) is 4. The van der Waals surface area contributed by atoms with Gasteiger partial charge >= 0.3 is 6.18 Å². The van der Waals surface area contributed by atoms with E-state index in [0.29, 0.717) is 32.0 Å². The normalized spacial score (nSPS) is 23.6. The maximum atomic E-state index is 13.1. The van der Waals surface area contributed by atoms with E-state index in [2.05, 4.69) is 4.98 Å². The molecule has 2 aliphatic rings. The van der Waals surface area contributed by atoms with Crippen LogP contribution in [0.5, 0.6) is 0 Å². The van der Waals surface area contributed by atoms with Crippen LogP contribution >= 0.6 is 0 Å². The second-order valence-corrected chi connectivity index (χ2v) is 9.08. The van der Waals surface area contributed by atoms with E-state index in [1.807, 2.05) is 0 Å². The molecule has 1 aromatic rings. The lowest BCUT2D eigenvalue weighted by atomic mass is 10.2. The summed E-state index contributed by atoms with van der Waals surface area (Å²) in [6.07, 6.45) is -0.0317. The predicted octanol–water partition coefficient (Wildman–Crippen LogP) is 2.33. The lowest BCUT2D eigenvalue weighted by Crippen LogP contribution is -2.54. The van der Waals surface area contributed by atoms with Gasteiger partial charge in [-0.2, -0.15) is 17.5 Å². The molecule has 0 aliphatic carbocycles. The highest BCUT2D eigenvalue weighted by Gasteiger charge is 2.37. The summed E-state index contributed by atoms with van der Waals surface area (Å²) >= 11 is 0. The first kappa shape index (κ1) is 20.3. The van der Waals surface area contributed by atoms with Gasteiger partial charge in [0.25, 0.3) is 0 Å². The average Bonchev–Trinajstić information content (AvgIpc) is 2.63. The highest BCUT2D eigenvalue weighted by Crippen LogP contribution is 2.29. The molecule has 0 bridgehead atoms. The van der Waals surface area contributed by atoms with Gasteiger partial charge in [0.1, 0.15) is 10.7 Å². The quantitative estimate of drug-likeness (QED) is 0.768. The Morgan fingerprint density at radius 2 is 1.85 bits per heavy atom. The molecule has 3 heterocycles. The molecule has 6 nitrogen and oxygen atoms in total. The van der Waals surface area contributed by atoms with Crippen LogP contribution < -0.4 is 4.90 Å². The van der Waals surface area contributed by atoms with E-state index in [1.54, 1.807) is 24.0 Å². The largest absolute Gasteiger partial charge is 0.401 e. The molecule has 10 heteroatoms. The molecule has 3 rings (SSSR count). The molecule has 1 unspecified atom stereocenters. The fourth-order valence-electron chi connectivity index (χ4n) is 3.72. The number of alkyl halides is 3. The Labute approximate surface area is 158 Å². The fraction of sp³-hybridized carbons (Fsp3) is 0.706. The molecule has 2 fully saturated rings. The molecule has 0 amide bonds. The van der Waals surface area contributed by atoms with Gasteiger partial charge in [0.05, 0.1) is 6.54 Å².